The third-order valence-corrected chi connectivity index (χ3v) is 3.81. The van der Waals surface area contributed by atoms with E-state index < -0.39 is 5.82 Å². The maximum Gasteiger partial charge on any atom is 0.244 e. The van der Waals surface area contributed by atoms with Crippen LogP contribution in [0.2, 0.25) is 0 Å². The zero-order valence-corrected chi connectivity index (χ0v) is 14.2. The molecule has 1 amide bonds. The fraction of sp³-hybridized carbons (Fsp3) is 0.250. The van der Waals surface area contributed by atoms with E-state index in [1.165, 1.54) is 30.9 Å². The molecule has 0 fully saturated rings. The highest BCUT2D eigenvalue weighted by molar-refractivity contribution is 5.92. The maximum atomic E-state index is 13.6. The van der Waals surface area contributed by atoms with Crippen molar-refractivity contribution in [2.24, 2.45) is 0 Å². The Balaban J connectivity index is 2.03. The Morgan fingerprint density at radius 2 is 1.96 bits per heavy atom. The number of ether oxygens (including phenoxy) is 1. The van der Waals surface area contributed by atoms with E-state index in [0.717, 1.165) is 12.0 Å². The number of benzene rings is 2. The second-order valence-corrected chi connectivity index (χ2v) is 5.61. The predicted octanol–water partition coefficient (Wildman–Crippen LogP) is 4.42. The lowest BCUT2D eigenvalue weighted by Gasteiger charge is -2.16. The van der Waals surface area contributed by atoms with E-state index in [9.17, 15) is 9.18 Å². The molecule has 0 spiro atoms. The minimum Gasteiger partial charge on any atom is -0.494 e. The number of halogens is 1. The second-order valence-electron chi connectivity index (χ2n) is 5.61. The van der Waals surface area contributed by atoms with Crippen molar-refractivity contribution in [2.75, 3.05) is 7.11 Å². The first-order chi connectivity index (χ1) is 11.5. The van der Waals surface area contributed by atoms with Crippen LogP contribution in [0.3, 0.4) is 0 Å². The van der Waals surface area contributed by atoms with E-state index >= 15 is 0 Å². The van der Waals surface area contributed by atoms with Crippen LogP contribution in [0, 0.1) is 12.7 Å². The minimum absolute atomic E-state index is 0.0460. The Morgan fingerprint density at radius 1 is 1.25 bits per heavy atom. The molecular formula is C20H22FNO2. The summed E-state index contributed by atoms with van der Waals surface area (Å²) in [6, 6.07) is 12.6. The van der Waals surface area contributed by atoms with Crippen molar-refractivity contribution < 1.29 is 13.9 Å². The Kier molecular flexibility index (Phi) is 6.13. The first-order valence-corrected chi connectivity index (χ1v) is 7.92. The number of hydrogen-bond donors (Lipinski definition) is 1. The average molecular weight is 327 g/mol. The first kappa shape index (κ1) is 17.7. The highest BCUT2D eigenvalue weighted by Crippen LogP contribution is 2.19. The third-order valence-electron chi connectivity index (χ3n) is 3.81. The van der Waals surface area contributed by atoms with Crippen LogP contribution in [0.5, 0.6) is 5.75 Å². The predicted molar refractivity (Wildman–Crippen MR) is 94.3 cm³/mol. The van der Waals surface area contributed by atoms with Crippen LogP contribution in [0.25, 0.3) is 6.08 Å². The molecule has 2 aromatic rings. The molecule has 3 nitrogen and oxygen atoms in total. The van der Waals surface area contributed by atoms with E-state index in [2.05, 4.69) is 5.32 Å². The number of rotatable bonds is 6. The molecule has 0 aliphatic heterocycles. The Labute approximate surface area is 142 Å². The summed E-state index contributed by atoms with van der Waals surface area (Å²) >= 11 is 0. The summed E-state index contributed by atoms with van der Waals surface area (Å²) < 4.78 is 18.5. The van der Waals surface area contributed by atoms with Gasteiger partial charge in [-0.15, -0.1) is 0 Å². The van der Waals surface area contributed by atoms with E-state index in [1.807, 2.05) is 38.1 Å². The number of carbonyl (C=O) groups excluding carboxylic acids is 1. The van der Waals surface area contributed by atoms with Gasteiger partial charge in [-0.2, -0.15) is 0 Å². The van der Waals surface area contributed by atoms with Gasteiger partial charge in [-0.1, -0.05) is 42.8 Å². The number of carbonyl (C=O) groups is 1. The van der Waals surface area contributed by atoms with Crippen molar-refractivity contribution in [1.82, 2.24) is 5.32 Å². The zero-order valence-electron chi connectivity index (χ0n) is 14.2. The van der Waals surface area contributed by atoms with E-state index in [4.69, 9.17) is 4.74 Å². The lowest BCUT2D eigenvalue weighted by atomic mass is 10.0. The van der Waals surface area contributed by atoms with Crippen LogP contribution in [0.4, 0.5) is 4.39 Å². The second kappa shape index (κ2) is 8.29. The number of hydrogen-bond acceptors (Lipinski definition) is 2. The largest absolute Gasteiger partial charge is 0.494 e. The molecule has 0 radical (unpaired) electrons. The standard InChI is InChI=1S/C20H22FNO2/c1-4-18(16-9-5-14(2)6-10-16)22-20(23)12-8-15-7-11-19(24-3)17(21)13-15/h5-13,18H,4H2,1-3H3,(H,22,23)/b12-8+/t18-/m0/s1. The maximum absolute atomic E-state index is 13.6. The van der Waals surface area contributed by atoms with Crippen LogP contribution in [-0.2, 0) is 4.79 Å². The van der Waals surface area contributed by atoms with Gasteiger partial charge in [0.2, 0.25) is 5.91 Å². The van der Waals surface area contributed by atoms with E-state index in [-0.39, 0.29) is 17.7 Å². The molecule has 2 aromatic carbocycles. The summed E-state index contributed by atoms with van der Waals surface area (Å²) in [7, 11) is 1.41. The normalized spacial score (nSPS) is 12.2. The van der Waals surface area contributed by atoms with Crippen molar-refractivity contribution >= 4 is 12.0 Å². The fourth-order valence-electron chi connectivity index (χ4n) is 2.40. The molecule has 126 valence electrons. The summed E-state index contributed by atoms with van der Waals surface area (Å²) in [6.07, 6.45) is 3.79. The quantitative estimate of drug-likeness (QED) is 0.798. The fourth-order valence-corrected chi connectivity index (χ4v) is 2.40. The van der Waals surface area contributed by atoms with Crippen molar-refractivity contribution in [3.05, 3.63) is 71.0 Å². The van der Waals surface area contributed by atoms with Crippen molar-refractivity contribution in [2.45, 2.75) is 26.3 Å². The number of aryl methyl sites for hydroxylation is 1. The van der Waals surface area contributed by atoms with Crippen LogP contribution >= 0.6 is 0 Å². The van der Waals surface area contributed by atoms with Gasteiger partial charge in [0.15, 0.2) is 11.6 Å². The van der Waals surface area contributed by atoms with Crippen molar-refractivity contribution in [3.8, 4) is 5.75 Å². The zero-order chi connectivity index (χ0) is 17.5. The van der Waals surface area contributed by atoms with Gasteiger partial charge in [0.25, 0.3) is 0 Å². The van der Waals surface area contributed by atoms with Gasteiger partial charge in [-0.3, -0.25) is 4.79 Å². The van der Waals surface area contributed by atoms with Gasteiger partial charge < -0.3 is 10.1 Å². The van der Waals surface area contributed by atoms with Gasteiger partial charge in [0, 0.05) is 6.08 Å². The van der Waals surface area contributed by atoms with Crippen molar-refractivity contribution in [3.63, 3.8) is 0 Å². The Bertz CT molecular complexity index is 723. The van der Waals surface area contributed by atoms with Crippen LogP contribution in [0.1, 0.15) is 36.1 Å². The highest BCUT2D eigenvalue weighted by Gasteiger charge is 2.10. The summed E-state index contributed by atoms with van der Waals surface area (Å²) in [4.78, 5) is 12.1. The topological polar surface area (TPSA) is 38.3 Å². The molecule has 0 aliphatic carbocycles. The smallest absolute Gasteiger partial charge is 0.244 e. The molecule has 0 aliphatic rings. The lowest BCUT2D eigenvalue weighted by Crippen LogP contribution is -2.26. The monoisotopic (exact) mass is 327 g/mol. The first-order valence-electron chi connectivity index (χ1n) is 7.92. The average Bonchev–Trinajstić information content (AvgIpc) is 2.59. The van der Waals surface area contributed by atoms with E-state index in [0.29, 0.717) is 5.56 Å². The number of nitrogens with one attached hydrogen (secondary N) is 1. The van der Waals surface area contributed by atoms with E-state index in [1.54, 1.807) is 12.1 Å². The summed E-state index contributed by atoms with van der Waals surface area (Å²) in [6.45, 7) is 4.05. The third kappa shape index (κ3) is 4.69. The van der Waals surface area contributed by atoms with Crippen LogP contribution in [0.15, 0.2) is 48.5 Å². The van der Waals surface area contributed by atoms with Gasteiger partial charge in [0.05, 0.1) is 13.2 Å². The highest BCUT2D eigenvalue weighted by atomic mass is 19.1. The summed E-state index contributed by atoms with van der Waals surface area (Å²) in [5.41, 5.74) is 2.86. The van der Waals surface area contributed by atoms with Gasteiger partial charge in [-0.25, -0.2) is 4.39 Å². The molecule has 0 heterocycles. The van der Waals surface area contributed by atoms with Crippen molar-refractivity contribution in [1.29, 1.82) is 0 Å². The molecule has 0 bridgehead atoms. The summed E-state index contributed by atoms with van der Waals surface area (Å²) in [5, 5.41) is 2.97. The molecule has 0 unspecified atom stereocenters. The molecule has 2 rings (SSSR count). The van der Waals surface area contributed by atoms with Gasteiger partial charge in [-0.05, 0) is 42.7 Å². The molecule has 0 aromatic heterocycles. The van der Waals surface area contributed by atoms with Gasteiger partial charge >= 0.3 is 0 Å². The molecule has 1 atom stereocenters. The lowest BCUT2D eigenvalue weighted by molar-refractivity contribution is -0.117. The van der Waals surface area contributed by atoms with Crippen LogP contribution < -0.4 is 10.1 Å². The molecule has 0 saturated heterocycles. The molecule has 0 saturated carbocycles. The molecular weight excluding hydrogens is 305 g/mol. The number of methoxy groups -OCH3 is 1. The summed E-state index contributed by atoms with van der Waals surface area (Å²) in [5.74, 6) is -0.480. The molecule has 4 heteroatoms. The number of amides is 1. The Morgan fingerprint density at radius 3 is 2.54 bits per heavy atom. The van der Waals surface area contributed by atoms with Gasteiger partial charge in [0.1, 0.15) is 0 Å². The molecule has 1 N–H and O–H groups in total. The van der Waals surface area contributed by atoms with Crippen LogP contribution in [-0.4, -0.2) is 13.0 Å². The minimum atomic E-state index is -0.453. The Hall–Kier alpha value is -2.62. The molecule has 24 heavy (non-hydrogen) atoms. The SMILES string of the molecule is CC[C@H](NC(=O)/C=C/c1ccc(OC)c(F)c1)c1ccc(C)cc1.